The Balaban J connectivity index is 4.10. The fourth-order valence-corrected chi connectivity index (χ4v) is 9.82. The van der Waals surface area contributed by atoms with Crippen LogP contribution in [-0.4, -0.2) is 37.2 Å². The molecule has 0 spiro atoms. The van der Waals surface area contributed by atoms with E-state index < -0.39 is 6.10 Å². The van der Waals surface area contributed by atoms with Crippen LogP contribution in [0.25, 0.3) is 0 Å². The number of hydrogen-bond acceptors (Lipinski definition) is 6. The van der Waals surface area contributed by atoms with Crippen molar-refractivity contribution in [2.75, 3.05) is 13.2 Å². The Labute approximate surface area is 484 Å². The first-order valence-electron chi connectivity index (χ1n) is 33.9. The monoisotopic (exact) mass is 1090 g/mol. The number of carbonyl (C=O) groups is 3. The third-order valence-electron chi connectivity index (χ3n) is 14.9. The quantitative estimate of drug-likeness (QED) is 0.0261. The van der Waals surface area contributed by atoms with Crippen LogP contribution in [0.2, 0.25) is 0 Å². The minimum Gasteiger partial charge on any atom is -0.462 e. The van der Waals surface area contributed by atoms with Gasteiger partial charge in [0.05, 0.1) is 0 Å². The molecule has 0 aliphatic heterocycles. The van der Waals surface area contributed by atoms with E-state index in [-0.39, 0.29) is 31.1 Å². The summed E-state index contributed by atoms with van der Waals surface area (Å²) < 4.78 is 16.9. The van der Waals surface area contributed by atoms with Crippen molar-refractivity contribution in [3.8, 4) is 0 Å². The minimum atomic E-state index is -0.794. The van der Waals surface area contributed by atoms with Gasteiger partial charge in [0.2, 0.25) is 0 Å². The minimum absolute atomic E-state index is 0.0881. The van der Waals surface area contributed by atoms with Crippen molar-refractivity contribution in [1.82, 2.24) is 0 Å². The molecule has 0 aliphatic rings. The van der Waals surface area contributed by atoms with E-state index in [1.54, 1.807) is 0 Å². The van der Waals surface area contributed by atoms with Gasteiger partial charge in [-0.05, 0) is 103 Å². The molecule has 6 nitrogen and oxygen atoms in total. The van der Waals surface area contributed by atoms with Gasteiger partial charge in [0.1, 0.15) is 13.2 Å². The highest BCUT2D eigenvalue weighted by atomic mass is 16.6. The van der Waals surface area contributed by atoms with Crippen molar-refractivity contribution in [2.45, 2.75) is 354 Å². The number of rotatable bonds is 62. The third-order valence-corrected chi connectivity index (χ3v) is 14.9. The number of hydrogen-bond donors (Lipinski definition) is 0. The van der Waals surface area contributed by atoms with Crippen LogP contribution < -0.4 is 0 Å². The molecule has 0 amide bonds. The second kappa shape index (κ2) is 66.4. The van der Waals surface area contributed by atoms with E-state index in [0.29, 0.717) is 19.3 Å². The van der Waals surface area contributed by atoms with Gasteiger partial charge in [-0.1, -0.05) is 299 Å². The standard InChI is InChI=1S/C72H128O6/c1-4-7-10-13-16-19-22-25-27-28-29-30-31-32-33-34-35-36-37-38-39-40-41-42-43-44-45-48-50-53-56-59-62-65-71(74)77-68-69(67-76-70(73)64-61-58-55-52-49-46-24-21-18-15-12-9-6-3)78-72(75)66-63-60-57-54-51-47-26-23-20-17-14-11-8-5-2/h9,12,14,17-18,21,23,26,28-29,46,49,69H,4-8,10-11,13,15-16,19-20,22,24-25,27,30-45,47-48,50-68H2,1-3H3/b12-9-,17-14-,21-18-,26-23-,29-28-,49-46-. The summed E-state index contributed by atoms with van der Waals surface area (Å²) in [5, 5.41) is 0. The second-order valence-corrected chi connectivity index (χ2v) is 22.7. The molecule has 0 aromatic carbocycles. The first-order valence-corrected chi connectivity index (χ1v) is 33.9. The van der Waals surface area contributed by atoms with Crippen LogP contribution in [-0.2, 0) is 28.6 Å². The molecule has 1 atom stereocenters. The average molecular weight is 1090 g/mol. The lowest BCUT2D eigenvalue weighted by Gasteiger charge is -2.18. The molecule has 0 N–H and O–H groups in total. The van der Waals surface area contributed by atoms with Crippen molar-refractivity contribution in [3.63, 3.8) is 0 Å². The van der Waals surface area contributed by atoms with Gasteiger partial charge in [0, 0.05) is 19.3 Å². The van der Waals surface area contributed by atoms with Gasteiger partial charge in [-0.2, -0.15) is 0 Å². The van der Waals surface area contributed by atoms with Crippen LogP contribution in [0.4, 0.5) is 0 Å². The van der Waals surface area contributed by atoms with Crippen LogP contribution in [0.15, 0.2) is 72.9 Å². The Morgan fingerprint density at radius 1 is 0.269 bits per heavy atom. The maximum Gasteiger partial charge on any atom is 0.306 e. The van der Waals surface area contributed by atoms with Gasteiger partial charge in [0.15, 0.2) is 6.10 Å². The van der Waals surface area contributed by atoms with E-state index in [1.165, 1.54) is 199 Å². The average Bonchev–Trinajstić information content (AvgIpc) is 3.44. The predicted molar refractivity (Wildman–Crippen MR) is 339 cm³/mol. The molecule has 0 fully saturated rings. The Morgan fingerprint density at radius 3 is 0.846 bits per heavy atom. The molecule has 1 unspecified atom stereocenters. The number of esters is 3. The van der Waals surface area contributed by atoms with E-state index in [0.717, 1.165) is 109 Å². The van der Waals surface area contributed by atoms with Crippen molar-refractivity contribution >= 4 is 17.9 Å². The van der Waals surface area contributed by atoms with E-state index in [9.17, 15) is 14.4 Å². The van der Waals surface area contributed by atoms with E-state index in [2.05, 4.69) is 93.7 Å². The predicted octanol–water partition coefficient (Wildman–Crippen LogP) is 23.3. The molecule has 0 saturated heterocycles. The summed E-state index contributed by atoms with van der Waals surface area (Å²) >= 11 is 0. The smallest absolute Gasteiger partial charge is 0.306 e. The SMILES string of the molecule is CC/C=C\C/C=C\C/C=C\CCCCCC(=O)OCC(COC(=O)CCCCCCCCCCCCCCCCCCCCCCC/C=C\CCCCCCCCCC)OC(=O)CCCCCCC/C=C\C/C=C\CCCC. The zero-order valence-electron chi connectivity index (χ0n) is 51.9. The van der Waals surface area contributed by atoms with Crippen LogP contribution in [0, 0.1) is 0 Å². The van der Waals surface area contributed by atoms with Crippen molar-refractivity contribution < 1.29 is 28.6 Å². The molecule has 0 bridgehead atoms. The largest absolute Gasteiger partial charge is 0.462 e. The third kappa shape index (κ3) is 63.7. The van der Waals surface area contributed by atoms with E-state index in [1.807, 2.05) is 0 Å². The summed E-state index contributed by atoms with van der Waals surface area (Å²) in [6.45, 7) is 6.48. The Hall–Kier alpha value is -3.15. The Kier molecular flexibility index (Phi) is 63.7. The van der Waals surface area contributed by atoms with Crippen LogP contribution in [0.3, 0.4) is 0 Å². The summed E-state index contributed by atoms with van der Waals surface area (Å²) in [6.07, 6.45) is 86.7. The summed E-state index contributed by atoms with van der Waals surface area (Å²) in [4.78, 5) is 38.2. The lowest BCUT2D eigenvalue weighted by Crippen LogP contribution is -2.30. The summed E-state index contributed by atoms with van der Waals surface area (Å²) in [5.41, 5.74) is 0. The molecule has 0 aromatic rings. The molecule has 0 radical (unpaired) electrons. The molecule has 0 aliphatic carbocycles. The molecule has 0 aromatic heterocycles. The summed E-state index contributed by atoms with van der Waals surface area (Å²) in [6, 6.07) is 0. The fraction of sp³-hybridized carbons (Fsp3) is 0.792. The van der Waals surface area contributed by atoms with Gasteiger partial charge in [-0.3, -0.25) is 14.4 Å². The molecule has 0 saturated carbocycles. The van der Waals surface area contributed by atoms with Gasteiger partial charge in [-0.25, -0.2) is 0 Å². The van der Waals surface area contributed by atoms with Gasteiger partial charge in [-0.15, -0.1) is 0 Å². The van der Waals surface area contributed by atoms with E-state index in [4.69, 9.17) is 14.2 Å². The van der Waals surface area contributed by atoms with Crippen LogP contribution >= 0.6 is 0 Å². The molecule has 452 valence electrons. The number of ether oxygens (including phenoxy) is 3. The first kappa shape index (κ1) is 74.8. The number of allylic oxidation sites excluding steroid dienone is 12. The molecule has 0 rings (SSSR count). The topological polar surface area (TPSA) is 78.9 Å². The van der Waals surface area contributed by atoms with Gasteiger partial charge >= 0.3 is 17.9 Å². The zero-order chi connectivity index (χ0) is 56.4. The maximum absolute atomic E-state index is 12.9. The molecule has 6 heteroatoms. The number of carbonyl (C=O) groups excluding carboxylic acids is 3. The van der Waals surface area contributed by atoms with Crippen LogP contribution in [0.1, 0.15) is 348 Å². The van der Waals surface area contributed by atoms with E-state index >= 15 is 0 Å². The van der Waals surface area contributed by atoms with Gasteiger partial charge in [0.25, 0.3) is 0 Å². The molecular weight excluding hydrogens is 961 g/mol. The molecule has 0 heterocycles. The second-order valence-electron chi connectivity index (χ2n) is 22.7. The highest BCUT2D eigenvalue weighted by Gasteiger charge is 2.19. The first-order chi connectivity index (χ1) is 38.5. The normalized spacial score (nSPS) is 12.5. The van der Waals surface area contributed by atoms with Crippen molar-refractivity contribution in [3.05, 3.63) is 72.9 Å². The summed E-state index contributed by atoms with van der Waals surface area (Å²) in [7, 11) is 0. The molecule has 78 heavy (non-hydrogen) atoms. The van der Waals surface area contributed by atoms with Crippen molar-refractivity contribution in [1.29, 1.82) is 0 Å². The summed E-state index contributed by atoms with van der Waals surface area (Å²) in [5.74, 6) is -0.919. The van der Waals surface area contributed by atoms with Gasteiger partial charge < -0.3 is 14.2 Å². The highest BCUT2D eigenvalue weighted by Crippen LogP contribution is 2.17. The van der Waals surface area contributed by atoms with Crippen LogP contribution in [0.5, 0.6) is 0 Å². The lowest BCUT2D eigenvalue weighted by molar-refractivity contribution is -0.167. The lowest BCUT2D eigenvalue weighted by atomic mass is 10.0. The van der Waals surface area contributed by atoms with Crippen molar-refractivity contribution in [2.24, 2.45) is 0 Å². The fourth-order valence-electron chi connectivity index (χ4n) is 9.82. The number of unbranched alkanes of at least 4 members (excludes halogenated alkanes) is 39. The zero-order valence-corrected chi connectivity index (χ0v) is 51.9. The Bertz CT molecular complexity index is 1440. The highest BCUT2D eigenvalue weighted by molar-refractivity contribution is 5.71. The molecular formula is C72H128O6. The maximum atomic E-state index is 12.9. The Morgan fingerprint density at radius 2 is 0.513 bits per heavy atom.